The van der Waals surface area contributed by atoms with Crippen LogP contribution in [0.15, 0.2) is 36.7 Å². The third kappa shape index (κ3) is 5.34. The van der Waals surface area contributed by atoms with E-state index in [9.17, 15) is 9.18 Å². The predicted octanol–water partition coefficient (Wildman–Crippen LogP) is 3.47. The van der Waals surface area contributed by atoms with Crippen molar-refractivity contribution >= 4 is 16.9 Å². The molecule has 1 fully saturated rings. The second-order valence-corrected chi connectivity index (χ2v) is 9.21. The minimum atomic E-state index is -0.691. The van der Waals surface area contributed by atoms with Crippen molar-refractivity contribution in [2.45, 2.75) is 32.2 Å². The van der Waals surface area contributed by atoms with Gasteiger partial charge in [0.05, 0.1) is 11.4 Å². The molecule has 0 bridgehead atoms. The van der Waals surface area contributed by atoms with Crippen molar-refractivity contribution in [2.75, 3.05) is 33.7 Å². The zero-order valence-electron chi connectivity index (χ0n) is 19.5. The monoisotopic (exact) mass is 453 g/mol. The van der Waals surface area contributed by atoms with E-state index in [4.69, 9.17) is 10.5 Å². The van der Waals surface area contributed by atoms with Gasteiger partial charge in [0, 0.05) is 32.0 Å². The SMILES string of the molecule is Cc1c[nH]c2nccc(Oc3ccc(CC(N)C(=O)N4CCC(CN(C)C)CC4)cc3F)c12. The number of nitrogens with two attached hydrogens (primary N) is 1. The molecular formula is C25H32FN5O2. The van der Waals surface area contributed by atoms with Crippen molar-refractivity contribution in [3.63, 3.8) is 0 Å². The highest BCUT2D eigenvalue weighted by Gasteiger charge is 2.27. The van der Waals surface area contributed by atoms with Gasteiger partial charge < -0.3 is 25.3 Å². The summed E-state index contributed by atoms with van der Waals surface area (Å²) >= 11 is 0. The third-order valence-electron chi connectivity index (χ3n) is 6.27. The normalized spacial score (nSPS) is 15.9. The molecule has 1 unspecified atom stereocenters. The van der Waals surface area contributed by atoms with Crippen LogP contribution in [0.1, 0.15) is 24.0 Å². The van der Waals surface area contributed by atoms with Crippen LogP contribution in [0.2, 0.25) is 0 Å². The Kier molecular flexibility index (Phi) is 6.95. The Balaban J connectivity index is 1.38. The van der Waals surface area contributed by atoms with Crippen molar-refractivity contribution in [2.24, 2.45) is 11.7 Å². The summed E-state index contributed by atoms with van der Waals surface area (Å²) in [5.41, 5.74) is 8.54. The summed E-state index contributed by atoms with van der Waals surface area (Å²) in [6.07, 6.45) is 5.71. The molecule has 3 aromatic rings. The van der Waals surface area contributed by atoms with Crippen LogP contribution in [-0.4, -0.2) is 65.4 Å². The Morgan fingerprint density at radius 2 is 2.06 bits per heavy atom. The molecule has 1 aliphatic rings. The van der Waals surface area contributed by atoms with E-state index in [2.05, 4.69) is 29.0 Å². The molecule has 1 aromatic carbocycles. The van der Waals surface area contributed by atoms with E-state index < -0.39 is 11.9 Å². The Morgan fingerprint density at radius 1 is 1.30 bits per heavy atom. The smallest absolute Gasteiger partial charge is 0.239 e. The largest absolute Gasteiger partial charge is 0.453 e. The lowest BCUT2D eigenvalue weighted by Gasteiger charge is -2.34. The number of piperidine rings is 1. The Hall–Kier alpha value is -2.97. The summed E-state index contributed by atoms with van der Waals surface area (Å²) in [7, 11) is 4.14. The number of rotatable bonds is 7. The van der Waals surface area contributed by atoms with Crippen LogP contribution in [0, 0.1) is 18.7 Å². The fraction of sp³-hybridized carbons (Fsp3) is 0.440. The lowest BCUT2D eigenvalue weighted by molar-refractivity contribution is -0.134. The van der Waals surface area contributed by atoms with Gasteiger partial charge in [0.15, 0.2) is 11.6 Å². The van der Waals surface area contributed by atoms with E-state index in [-0.39, 0.29) is 18.1 Å². The molecule has 176 valence electrons. The number of aromatic nitrogens is 2. The first-order valence-corrected chi connectivity index (χ1v) is 11.4. The molecule has 0 spiro atoms. The molecule has 4 rings (SSSR count). The third-order valence-corrected chi connectivity index (χ3v) is 6.27. The van der Waals surface area contributed by atoms with Crippen molar-refractivity contribution in [3.8, 4) is 11.5 Å². The van der Waals surface area contributed by atoms with E-state index in [1.807, 2.05) is 18.0 Å². The molecule has 8 heteroatoms. The number of hydrogen-bond donors (Lipinski definition) is 2. The van der Waals surface area contributed by atoms with Crippen LogP contribution in [0.3, 0.4) is 0 Å². The Bertz CT molecular complexity index is 1120. The van der Waals surface area contributed by atoms with E-state index >= 15 is 0 Å². The van der Waals surface area contributed by atoms with Crippen molar-refractivity contribution < 1.29 is 13.9 Å². The first-order chi connectivity index (χ1) is 15.8. The quantitative estimate of drug-likeness (QED) is 0.572. The number of aromatic amines is 1. The van der Waals surface area contributed by atoms with Gasteiger partial charge in [0.2, 0.25) is 5.91 Å². The van der Waals surface area contributed by atoms with Crippen molar-refractivity contribution in [3.05, 3.63) is 53.6 Å². The number of nitrogens with zero attached hydrogens (tertiary/aromatic N) is 3. The first kappa shape index (κ1) is 23.2. The molecule has 1 atom stereocenters. The number of benzene rings is 1. The minimum Gasteiger partial charge on any atom is -0.453 e. The van der Waals surface area contributed by atoms with Crippen LogP contribution in [0.25, 0.3) is 11.0 Å². The molecule has 2 aromatic heterocycles. The van der Waals surface area contributed by atoms with Crippen LogP contribution < -0.4 is 10.5 Å². The highest BCUT2D eigenvalue weighted by Crippen LogP contribution is 2.32. The summed E-state index contributed by atoms with van der Waals surface area (Å²) in [5, 5.41) is 0.822. The van der Waals surface area contributed by atoms with Gasteiger partial charge in [-0.2, -0.15) is 0 Å². The van der Waals surface area contributed by atoms with E-state index in [0.717, 1.165) is 43.4 Å². The van der Waals surface area contributed by atoms with Gasteiger partial charge >= 0.3 is 0 Å². The molecular weight excluding hydrogens is 421 g/mol. The number of nitrogens with one attached hydrogen (secondary N) is 1. The number of fused-ring (bicyclic) bond motifs is 1. The second-order valence-electron chi connectivity index (χ2n) is 9.21. The van der Waals surface area contributed by atoms with Crippen LogP contribution in [0.4, 0.5) is 4.39 Å². The molecule has 33 heavy (non-hydrogen) atoms. The molecule has 0 saturated carbocycles. The fourth-order valence-electron chi connectivity index (χ4n) is 4.57. The zero-order chi connectivity index (χ0) is 23.5. The lowest BCUT2D eigenvalue weighted by atomic mass is 9.95. The topological polar surface area (TPSA) is 87.5 Å². The maximum Gasteiger partial charge on any atom is 0.239 e. The number of aryl methyl sites for hydroxylation is 1. The molecule has 3 N–H and O–H groups in total. The predicted molar refractivity (Wildman–Crippen MR) is 127 cm³/mol. The summed E-state index contributed by atoms with van der Waals surface area (Å²) in [6.45, 7) is 4.43. The van der Waals surface area contributed by atoms with Gasteiger partial charge in [-0.1, -0.05) is 6.07 Å². The van der Waals surface area contributed by atoms with Gasteiger partial charge in [0.1, 0.15) is 11.4 Å². The number of likely N-dealkylation sites (tertiary alicyclic amines) is 1. The van der Waals surface area contributed by atoms with Gasteiger partial charge in [-0.15, -0.1) is 0 Å². The van der Waals surface area contributed by atoms with Crippen molar-refractivity contribution in [1.82, 2.24) is 19.8 Å². The average molecular weight is 454 g/mol. The summed E-state index contributed by atoms with van der Waals surface area (Å²) < 4.78 is 20.7. The highest BCUT2D eigenvalue weighted by atomic mass is 19.1. The van der Waals surface area contributed by atoms with Gasteiger partial charge in [-0.05, 0) is 75.5 Å². The van der Waals surface area contributed by atoms with Crippen LogP contribution >= 0.6 is 0 Å². The van der Waals surface area contributed by atoms with Crippen LogP contribution in [-0.2, 0) is 11.2 Å². The maximum absolute atomic E-state index is 14.8. The molecule has 7 nitrogen and oxygen atoms in total. The van der Waals surface area contributed by atoms with Crippen molar-refractivity contribution in [1.29, 1.82) is 0 Å². The Morgan fingerprint density at radius 3 is 2.76 bits per heavy atom. The number of pyridine rings is 1. The summed E-state index contributed by atoms with van der Waals surface area (Å²) in [6, 6.07) is 5.77. The molecule has 1 saturated heterocycles. The number of amides is 1. The molecule has 1 amide bonds. The highest BCUT2D eigenvalue weighted by molar-refractivity contribution is 5.86. The Labute approximate surface area is 193 Å². The number of carbonyl (C=O) groups excluding carboxylic acids is 1. The minimum absolute atomic E-state index is 0.0684. The van der Waals surface area contributed by atoms with Gasteiger partial charge in [-0.25, -0.2) is 9.37 Å². The summed E-state index contributed by atoms with van der Waals surface area (Å²) in [4.78, 5) is 24.2. The number of ether oxygens (including phenoxy) is 1. The molecule has 3 heterocycles. The zero-order valence-corrected chi connectivity index (χ0v) is 19.5. The van der Waals surface area contributed by atoms with Gasteiger partial charge in [0.25, 0.3) is 0 Å². The first-order valence-electron chi connectivity index (χ1n) is 11.4. The second kappa shape index (κ2) is 9.89. The van der Waals surface area contributed by atoms with E-state index in [0.29, 0.717) is 22.9 Å². The molecule has 1 aliphatic heterocycles. The van der Waals surface area contributed by atoms with E-state index in [1.54, 1.807) is 24.4 Å². The van der Waals surface area contributed by atoms with E-state index in [1.165, 1.54) is 6.07 Å². The molecule has 0 aliphatic carbocycles. The average Bonchev–Trinajstić information content (AvgIpc) is 3.17. The lowest BCUT2D eigenvalue weighted by Crippen LogP contribution is -2.48. The number of carbonyl (C=O) groups is 1. The number of hydrogen-bond acceptors (Lipinski definition) is 5. The fourth-order valence-corrected chi connectivity index (χ4v) is 4.57. The molecule has 0 radical (unpaired) electrons. The standard InChI is InChI=1S/C25H32FN5O2/c1-16-14-29-24-23(16)22(6-9-28-24)33-21-5-4-18(12-19(21)26)13-20(27)25(32)31-10-7-17(8-11-31)15-30(2)3/h4-6,9,12,14,17,20H,7-8,10-11,13,15,27H2,1-3H3,(H,28,29). The maximum atomic E-state index is 14.8. The van der Waals surface area contributed by atoms with Crippen LogP contribution in [0.5, 0.6) is 11.5 Å². The summed E-state index contributed by atoms with van der Waals surface area (Å²) in [5.74, 6) is 0.708. The number of H-pyrrole nitrogens is 1. The van der Waals surface area contributed by atoms with Gasteiger partial charge in [-0.3, -0.25) is 4.79 Å². The number of halogens is 1.